The molecule has 0 fully saturated rings. The van der Waals surface area contributed by atoms with Crippen molar-refractivity contribution in [2.24, 2.45) is 0 Å². The van der Waals surface area contributed by atoms with Gasteiger partial charge in [0.25, 0.3) is 5.85 Å². The number of halogens is 1. The Balaban J connectivity index is 0. The summed E-state index contributed by atoms with van der Waals surface area (Å²) in [6, 6.07) is 0. The summed E-state index contributed by atoms with van der Waals surface area (Å²) in [6.07, 6.45) is 0. The molecule has 2 unspecified atom stereocenters. The van der Waals surface area contributed by atoms with Crippen LogP contribution in [0.1, 0.15) is 0 Å². The summed E-state index contributed by atoms with van der Waals surface area (Å²) in [5.41, 5.74) is 0. The van der Waals surface area contributed by atoms with Crippen molar-refractivity contribution in [1.29, 1.82) is 0 Å². The van der Waals surface area contributed by atoms with Crippen LogP contribution in [0, 0.1) is 0 Å². The lowest BCUT2D eigenvalue weighted by Gasteiger charge is -1.82. The van der Waals surface area contributed by atoms with Crippen LogP contribution in [0.4, 0.5) is 0 Å². The predicted octanol–water partition coefficient (Wildman–Crippen LogP) is 0.114. The van der Waals surface area contributed by atoms with Crippen molar-refractivity contribution in [3.05, 3.63) is 0 Å². The highest BCUT2D eigenvalue weighted by atomic mass is 35.5. The van der Waals surface area contributed by atoms with Crippen LogP contribution in [-0.2, 0) is 4.57 Å². The van der Waals surface area contributed by atoms with Crippen LogP contribution < -0.4 is 5.32 Å². The van der Waals surface area contributed by atoms with Gasteiger partial charge in [0.15, 0.2) is 0 Å². The molecule has 0 aliphatic heterocycles. The fourth-order valence-electron chi connectivity index (χ4n) is 0.0590. The van der Waals surface area contributed by atoms with Gasteiger partial charge in [0.1, 0.15) is 0 Å². The minimum atomic E-state index is -2.49. The lowest BCUT2D eigenvalue weighted by atomic mass is 10.9. The second kappa shape index (κ2) is 9.27. The monoisotopic (exact) mass is 188 g/mol. The quantitative estimate of drug-likeness (QED) is 0.425. The molecule has 0 aromatic heterocycles. The minimum absolute atomic E-state index is 0.189. The third kappa shape index (κ3) is 11.1. The maximum absolute atomic E-state index is 9.74. The van der Waals surface area contributed by atoms with Crippen LogP contribution in [-0.4, -0.2) is 35.8 Å². The molecule has 0 aliphatic carbocycles. The molecule has 0 aromatic rings. The third-order valence-electron chi connectivity index (χ3n) is 0.393. The lowest BCUT2D eigenvalue weighted by molar-refractivity contribution is 0.259. The first-order valence-corrected chi connectivity index (χ1v) is 4.39. The number of rotatable bonds is 2. The molecule has 0 bridgehead atoms. The predicted molar refractivity (Wildman–Crippen MR) is 41.5 cm³/mol. The highest BCUT2D eigenvalue weighted by Gasteiger charge is 2.23. The van der Waals surface area contributed by atoms with Gasteiger partial charge in [-0.05, 0) is 18.7 Å². The standard InChI is InChI=1S/C2H4ClO3P.C2H7N/c3-1-2(4)7(5)6;1-3-2/h2,4H,1H2;3H,1-2H3/p+1. The highest BCUT2D eigenvalue weighted by Crippen LogP contribution is 2.19. The van der Waals surface area contributed by atoms with Crippen LogP contribution in [0.5, 0.6) is 0 Å². The van der Waals surface area contributed by atoms with E-state index in [4.69, 9.17) is 21.6 Å². The van der Waals surface area contributed by atoms with E-state index >= 15 is 0 Å². The average Bonchev–Trinajstić information content (AvgIpc) is 1.88. The Morgan fingerprint density at radius 3 is 2.00 bits per heavy atom. The van der Waals surface area contributed by atoms with Crippen LogP contribution >= 0.6 is 19.6 Å². The van der Waals surface area contributed by atoms with Gasteiger partial charge in [0.05, 0.1) is 5.88 Å². The van der Waals surface area contributed by atoms with Crippen molar-refractivity contribution >= 4 is 19.6 Å². The fraction of sp³-hybridized carbons (Fsp3) is 1.00. The number of alkyl halides is 1. The van der Waals surface area contributed by atoms with E-state index in [0.717, 1.165) is 0 Å². The van der Waals surface area contributed by atoms with E-state index in [1.807, 2.05) is 14.1 Å². The van der Waals surface area contributed by atoms with E-state index < -0.39 is 13.9 Å². The van der Waals surface area contributed by atoms with Crippen molar-refractivity contribution in [3.63, 3.8) is 0 Å². The smallest absolute Gasteiger partial charge is 0.348 e. The zero-order chi connectivity index (χ0) is 8.57. The largest absolute Gasteiger partial charge is 0.538 e. The van der Waals surface area contributed by atoms with Crippen molar-refractivity contribution in [3.8, 4) is 0 Å². The number of hydrogen-bond donors (Lipinski definition) is 3. The highest BCUT2D eigenvalue weighted by molar-refractivity contribution is 7.38. The van der Waals surface area contributed by atoms with Gasteiger partial charge in [-0.15, -0.1) is 11.6 Å². The average molecular weight is 189 g/mol. The van der Waals surface area contributed by atoms with Gasteiger partial charge < -0.3 is 10.4 Å². The molecule has 0 heterocycles. The molecule has 10 heavy (non-hydrogen) atoms. The first kappa shape index (κ1) is 12.9. The van der Waals surface area contributed by atoms with Gasteiger partial charge in [-0.3, -0.25) is 0 Å². The summed E-state index contributed by atoms with van der Waals surface area (Å²) in [4.78, 5) is 8.00. The summed E-state index contributed by atoms with van der Waals surface area (Å²) < 4.78 is 9.74. The SMILES string of the molecule is CNC.O=[P+](O)C(O)CCl. The zero-order valence-electron chi connectivity index (χ0n) is 5.91. The van der Waals surface area contributed by atoms with Gasteiger partial charge in [0.2, 0.25) is 0 Å². The Hall–Kier alpha value is 0.270. The van der Waals surface area contributed by atoms with E-state index in [1.54, 1.807) is 0 Å². The van der Waals surface area contributed by atoms with E-state index in [9.17, 15) is 4.57 Å². The van der Waals surface area contributed by atoms with E-state index in [-0.39, 0.29) is 5.88 Å². The number of nitrogens with one attached hydrogen (secondary N) is 1. The topological polar surface area (TPSA) is 69.6 Å². The first-order valence-electron chi connectivity index (χ1n) is 2.57. The minimum Gasteiger partial charge on any atom is -0.348 e. The van der Waals surface area contributed by atoms with Crippen LogP contribution in [0.3, 0.4) is 0 Å². The molecule has 0 aliphatic rings. The Kier molecular flexibility index (Phi) is 12.0. The summed E-state index contributed by atoms with van der Waals surface area (Å²) in [5.74, 6) is -1.46. The Morgan fingerprint density at radius 1 is 1.70 bits per heavy atom. The molecule has 2 atom stereocenters. The van der Waals surface area contributed by atoms with E-state index in [0.29, 0.717) is 0 Å². The number of aliphatic hydroxyl groups is 1. The van der Waals surface area contributed by atoms with Gasteiger partial charge in [-0.2, -0.15) is 4.89 Å². The molecule has 0 radical (unpaired) electrons. The molecular weight excluding hydrogens is 176 g/mol. The van der Waals surface area contributed by atoms with Gasteiger partial charge in [-0.1, -0.05) is 0 Å². The number of aliphatic hydroxyl groups excluding tert-OH is 1. The summed E-state index contributed by atoms with van der Waals surface area (Å²) in [6.45, 7) is 0. The molecule has 4 nitrogen and oxygen atoms in total. The molecule has 0 saturated carbocycles. The van der Waals surface area contributed by atoms with Crippen LogP contribution in [0.2, 0.25) is 0 Å². The summed E-state index contributed by atoms with van der Waals surface area (Å²) in [5, 5.41) is 11.0. The first-order chi connectivity index (χ1) is 4.59. The number of hydrogen-bond acceptors (Lipinski definition) is 3. The molecule has 0 rings (SSSR count). The lowest BCUT2D eigenvalue weighted by Crippen LogP contribution is -1.99. The fourth-order valence-corrected chi connectivity index (χ4v) is 0.531. The van der Waals surface area contributed by atoms with Gasteiger partial charge >= 0.3 is 8.03 Å². The summed E-state index contributed by atoms with van der Waals surface area (Å²) in [7, 11) is 1.26. The Morgan fingerprint density at radius 2 is 2.00 bits per heavy atom. The molecule has 0 aromatic carbocycles. The van der Waals surface area contributed by atoms with Crippen molar-refractivity contribution in [2.75, 3.05) is 20.0 Å². The van der Waals surface area contributed by atoms with E-state index in [2.05, 4.69) is 5.32 Å². The second-order valence-electron chi connectivity index (χ2n) is 1.44. The Bertz CT molecular complexity index is 92.6. The molecule has 0 saturated heterocycles. The van der Waals surface area contributed by atoms with Crippen LogP contribution in [0.15, 0.2) is 0 Å². The molecule has 0 spiro atoms. The van der Waals surface area contributed by atoms with Crippen molar-refractivity contribution < 1.29 is 14.6 Å². The third-order valence-corrected chi connectivity index (χ3v) is 1.59. The van der Waals surface area contributed by atoms with Gasteiger partial charge in [0, 0.05) is 0 Å². The van der Waals surface area contributed by atoms with Crippen LogP contribution in [0.25, 0.3) is 0 Å². The molecule has 0 amide bonds. The summed E-state index contributed by atoms with van der Waals surface area (Å²) >= 11 is 4.95. The second-order valence-corrected chi connectivity index (χ2v) is 2.95. The molecular formula is C4H12ClNO3P+. The molecule has 62 valence electrons. The van der Waals surface area contributed by atoms with Gasteiger partial charge in [-0.25, -0.2) is 0 Å². The molecule has 3 N–H and O–H groups in total. The van der Waals surface area contributed by atoms with Crippen molar-refractivity contribution in [2.45, 2.75) is 5.85 Å². The normalized spacial score (nSPS) is 13.1. The maximum atomic E-state index is 9.74. The zero-order valence-corrected chi connectivity index (χ0v) is 7.56. The van der Waals surface area contributed by atoms with E-state index in [1.165, 1.54) is 0 Å². The maximum Gasteiger partial charge on any atom is 0.538 e. The Labute approximate surface area is 66.1 Å². The molecule has 6 heteroatoms. The van der Waals surface area contributed by atoms with Crippen molar-refractivity contribution in [1.82, 2.24) is 5.32 Å².